The molecule has 5 heteroatoms. The van der Waals surface area contributed by atoms with Gasteiger partial charge < -0.3 is 10.5 Å². The minimum Gasteiger partial charge on any atom is -0.497 e. The fraction of sp³-hybridized carbons (Fsp3) is 0.158. The topological polar surface area (TPSA) is 81.0 Å². The maximum Gasteiger partial charge on any atom is 0.255 e. The molecule has 1 heterocycles. The van der Waals surface area contributed by atoms with Crippen LogP contribution in [0.5, 0.6) is 5.75 Å². The third kappa shape index (κ3) is 3.63. The van der Waals surface area contributed by atoms with E-state index >= 15 is 0 Å². The Morgan fingerprint density at radius 3 is 2.58 bits per heavy atom. The van der Waals surface area contributed by atoms with Gasteiger partial charge in [-0.15, -0.1) is 0 Å². The Morgan fingerprint density at radius 2 is 1.83 bits per heavy atom. The number of methoxy groups -OCH3 is 1. The first kappa shape index (κ1) is 15.8. The van der Waals surface area contributed by atoms with Crippen LogP contribution in [0.15, 0.2) is 59.5 Å². The SMILES string of the molecule is COc1cccc(-c2cccc(CCc3cnc(N)[nH]c3=O)c2)c1. The van der Waals surface area contributed by atoms with Crippen LogP contribution in [0.3, 0.4) is 0 Å². The third-order valence-corrected chi connectivity index (χ3v) is 3.91. The summed E-state index contributed by atoms with van der Waals surface area (Å²) in [5.74, 6) is 0.973. The van der Waals surface area contributed by atoms with Crippen molar-refractivity contribution in [3.05, 3.63) is 76.2 Å². The maximum atomic E-state index is 11.8. The number of benzene rings is 2. The molecule has 0 fully saturated rings. The average molecular weight is 321 g/mol. The van der Waals surface area contributed by atoms with Crippen molar-refractivity contribution in [2.75, 3.05) is 12.8 Å². The summed E-state index contributed by atoms with van der Waals surface area (Å²) in [5, 5.41) is 0. The second kappa shape index (κ2) is 7.00. The molecule has 0 bridgehead atoms. The highest BCUT2D eigenvalue weighted by atomic mass is 16.5. The molecular formula is C19H19N3O2. The molecule has 3 N–H and O–H groups in total. The van der Waals surface area contributed by atoms with E-state index in [9.17, 15) is 4.79 Å². The van der Waals surface area contributed by atoms with Crippen molar-refractivity contribution in [2.24, 2.45) is 0 Å². The molecule has 0 amide bonds. The van der Waals surface area contributed by atoms with Crippen molar-refractivity contribution in [1.82, 2.24) is 9.97 Å². The van der Waals surface area contributed by atoms with E-state index < -0.39 is 0 Å². The van der Waals surface area contributed by atoms with Crippen molar-refractivity contribution in [2.45, 2.75) is 12.8 Å². The first-order valence-electron chi connectivity index (χ1n) is 7.73. The minimum absolute atomic E-state index is 0.142. The van der Waals surface area contributed by atoms with Gasteiger partial charge in [0.05, 0.1) is 7.11 Å². The Hall–Kier alpha value is -3.08. The molecule has 0 aliphatic carbocycles. The molecular weight excluding hydrogens is 302 g/mol. The van der Waals surface area contributed by atoms with E-state index in [0.29, 0.717) is 12.0 Å². The number of aromatic amines is 1. The summed E-state index contributed by atoms with van der Waals surface area (Å²) >= 11 is 0. The number of H-pyrrole nitrogens is 1. The van der Waals surface area contributed by atoms with Gasteiger partial charge in [-0.05, 0) is 41.7 Å². The lowest BCUT2D eigenvalue weighted by atomic mass is 10.00. The molecule has 24 heavy (non-hydrogen) atoms. The Balaban J connectivity index is 1.79. The number of hydrogen-bond donors (Lipinski definition) is 2. The van der Waals surface area contributed by atoms with E-state index in [1.165, 1.54) is 0 Å². The van der Waals surface area contributed by atoms with Crippen LogP contribution >= 0.6 is 0 Å². The molecule has 0 saturated carbocycles. The van der Waals surface area contributed by atoms with Crippen LogP contribution in [0.2, 0.25) is 0 Å². The predicted molar refractivity (Wildman–Crippen MR) is 95.1 cm³/mol. The van der Waals surface area contributed by atoms with Crippen molar-refractivity contribution in [3.8, 4) is 16.9 Å². The number of rotatable bonds is 5. The summed E-state index contributed by atoms with van der Waals surface area (Å²) in [6, 6.07) is 16.2. The van der Waals surface area contributed by atoms with Gasteiger partial charge in [0.2, 0.25) is 0 Å². The second-order valence-electron chi connectivity index (χ2n) is 5.56. The number of nitrogens with two attached hydrogens (primary N) is 1. The van der Waals surface area contributed by atoms with E-state index in [-0.39, 0.29) is 11.5 Å². The molecule has 1 aromatic heterocycles. The third-order valence-electron chi connectivity index (χ3n) is 3.91. The molecule has 0 aliphatic rings. The number of hydrogen-bond acceptors (Lipinski definition) is 4. The minimum atomic E-state index is -0.175. The molecule has 0 atom stereocenters. The summed E-state index contributed by atoms with van der Waals surface area (Å²) in [5.41, 5.74) is 9.31. The highest BCUT2D eigenvalue weighted by Gasteiger charge is 2.04. The lowest BCUT2D eigenvalue weighted by Gasteiger charge is -2.07. The number of anilines is 1. The van der Waals surface area contributed by atoms with Gasteiger partial charge in [-0.1, -0.05) is 36.4 Å². The van der Waals surface area contributed by atoms with Gasteiger partial charge in [0, 0.05) is 11.8 Å². The normalized spacial score (nSPS) is 10.5. The summed E-state index contributed by atoms with van der Waals surface area (Å²) < 4.78 is 5.28. The van der Waals surface area contributed by atoms with Gasteiger partial charge in [-0.2, -0.15) is 0 Å². The van der Waals surface area contributed by atoms with Gasteiger partial charge >= 0.3 is 0 Å². The van der Waals surface area contributed by atoms with Crippen molar-refractivity contribution < 1.29 is 4.74 Å². The quantitative estimate of drug-likeness (QED) is 0.757. The second-order valence-corrected chi connectivity index (χ2v) is 5.56. The lowest BCUT2D eigenvalue weighted by molar-refractivity contribution is 0.415. The van der Waals surface area contributed by atoms with Crippen LogP contribution in [-0.2, 0) is 12.8 Å². The van der Waals surface area contributed by atoms with E-state index in [1.54, 1.807) is 13.3 Å². The zero-order valence-corrected chi connectivity index (χ0v) is 13.5. The molecule has 2 aromatic carbocycles. The molecule has 0 radical (unpaired) electrons. The molecule has 5 nitrogen and oxygen atoms in total. The number of aryl methyl sites for hydroxylation is 2. The van der Waals surface area contributed by atoms with Crippen molar-refractivity contribution >= 4 is 5.95 Å². The molecule has 3 rings (SSSR count). The van der Waals surface area contributed by atoms with Gasteiger partial charge in [0.1, 0.15) is 5.75 Å². The number of ether oxygens (including phenoxy) is 1. The fourth-order valence-corrected chi connectivity index (χ4v) is 2.60. The van der Waals surface area contributed by atoms with Crippen LogP contribution < -0.4 is 16.0 Å². The fourth-order valence-electron chi connectivity index (χ4n) is 2.60. The summed E-state index contributed by atoms with van der Waals surface area (Å²) in [7, 11) is 1.66. The zero-order chi connectivity index (χ0) is 16.9. The van der Waals surface area contributed by atoms with Crippen molar-refractivity contribution in [1.29, 1.82) is 0 Å². The highest BCUT2D eigenvalue weighted by molar-refractivity contribution is 5.65. The van der Waals surface area contributed by atoms with E-state index in [0.717, 1.165) is 28.9 Å². The number of nitrogens with one attached hydrogen (secondary N) is 1. The first-order valence-corrected chi connectivity index (χ1v) is 7.73. The van der Waals surface area contributed by atoms with Gasteiger partial charge in [0.25, 0.3) is 5.56 Å². The highest BCUT2D eigenvalue weighted by Crippen LogP contribution is 2.24. The van der Waals surface area contributed by atoms with E-state index in [2.05, 4.69) is 34.2 Å². The Kier molecular flexibility index (Phi) is 4.61. The van der Waals surface area contributed by atoms with E-state index in [4.69, 9.17) is 10.5 Å². The van der Waals surface area contributed by atoms with Crippen LogP contribution in [0, 0.1) is 0 Å². The van der Waals surface area contributed by atoms with Gasteiger partial charge in [-0.3, -0.25) is 9.78 Å². The van der Waals surface area contributed by atoms with Crippen LogP contribution in [0.25, 0.3) is 11.1 Å². The van der Waals surface area contributed by atoms with Gasteiger partial charge in [-0.25, -0.2) is 4.98 Å². The Labute approximate surface area is 140 Å². The maximum absolute atomic E-state index is 11.8. The van der Waals surface area contributed by atoms with E-state index in [1.807, 2.05) is 24.3 Å². The molecule has 122 valence electrons. The summed E-state index contributed by atoms with van der Waals surface area (Å²) in [6.07, 6.45) is 2.91. The van der Waals surface area contributed by atoms with Crippen LogP contribution in [0.1, 0.15) is 11.1 Å². The van der Waals surface area contributed by atoms with Crippen LogP contribution in [-0.4, -0.2) is 17.1 Å². The smallest absolute Gasteiger partial charge is 0.255 e. The summed E-state index contributed by atoms with van der Waals surface area (Å²) in [6.45, 7) is 0. The standard InChI is InChI=1S/C19H19N3O2/c1-24-17-7-3-6-15(11-17)14-5-2-4-13(10-14)8-9-16-12-21-19(20)22-18(16)23/h2-7,10-12H,8-9H2,1H3,(H3,20,21,22,23). The number of nitrogens with zero attached hydrogens (tertiary/aromatic N) is 1. The number of aromatic nitrogens is 2. The molecule has 0 aliphatic heterocycles. The average Bonchev–Trinajstić information content (AvgIpc) is 2.61. The predicted octanol–water partition coefficient (Wildman–Crippen LogP) is 2.81. The number of nitrogen functional groups attached to an aromatic ring is 1. The Bertz CT molecular complexity index is 903. The monoisotopic (exact) mass is 321 g/mol. The van der Waals surface area contributed by atoms with Crippen LogP contribution in [0.4, 0.5) is 5.95 Å². The van der Waals surface area contributed by atoms with Crippen molar-refractivity contribution in [3.63, 3.8) is 0 Å². The summed E-state index contributed by atoms with van der Waals surface area (Å²) in [4.78, 5) is 18.3. The Morgan fingerprint density at radius 1 is 1.08 bits per heavy atom. The lowest BCUT2D eigenvalue weighted by Crippen LogP contribution is -2.16. The molecule has 3 aromatic rings. The molecule has 0 saturated heterocycles. The molecule has 0 unspecified atom stereocenters. The molecule has 0 spiro atoms. The first-order chi connectivity index (χ1) is 11.7. The largest absolute Gasteiger partial charge is 0.497 e. The van der Waals surface area contributed by atoms with Gasteiger partial charge in [0.15, 0.2) is 5.95 Å². The zero-order valence-electron chi connectivity index (χ0n) is 13.5.